The van der Waals surface area contributed by atoms with Crippen LogP contribution in [0, 0.1) is 27.2 Å². The summed E-state index contributed by atoms with van der Waals surface area (Å²) >= 11 is 3.28. The van der Waals surface area contributed by atoms with E-state index in [1.54, 1.807) is 64.7 Å². The Labute approximate surface area is 240 Å². The Bertz CT molecular complexity index is 1370. The first kappa shape index (κ1) is 32.4. The molecule has 0 aliphatic carbocycles. The van der Waals surface area contributed by atoms with Crippen LogP contribution in [0.4, 0.5) is 22.7 Å². The maximum absolute atomic E-state index is 11.8. The monoisotopic (exact) mass is 619 g/mol. The topological polar surface area (TPSA) is 151 Å². The highest BCUT2D eigenvalue weighted by Gasteiger charge is 2.17. The normalized spacial score (nSPS) is 12.1. The molecule has 3 rings (SSSR count). The quantitative estimate of drug-likeness (QED) is 0.209. The summed E-state index contributed by atoms with van der Waals surface area (Å²) in [7, 11) is 4.85. The average Bonchev–Trinajstić information content (AvgIpc) is 2.87. The molecule has 0 amide bonds. The fraction of sp³-hybridized carbons (Fsp3) is 0.370. The van der Waals surface area contributed by atoms with E-state index in [2.05, 4.69) is 26.6 Å². The lowest BCUT2D eigenvalue weighted by Gasteiger charge is -2.15. The Morgan fingerprint density at radius 2 is 1.38 bits per heavy atom. The zero-order valence-corrected chi connectivity index (χ0v) is 24.9. The number of nitro groups is 2. The van der Waals surface area contributed by atoms with Crippen molar-refractivity contribution in [2.45, 2.75) is 32.9 Å². The van der Waals surface area contributed by atoms with Crippen molar-refractivity contribution in [1.29, 1.82) is 0 Å². The van der Waals surface area contributed by atoms with Gasteiger partial charge in [0.15, 0.2) is 0 Å². The van der Waals surface area contributed by atoms with Crippen molar-refractivity contribution in [2.24, 2.45) is 7.05 Å². The smallest absolute Gasteiger partial charge is 0.292 e. The van der Waals surface area contributed by atoms with Crippen LogP contribution in [-0.4, -0.2) is 53.9 Å². The zero-order valence-electron chi connectivity index (χ0n) is 23.3. The van der Waals surface area contributed by atoms with E-state index in [0.717, 1.165) is 15.6 Å². The third-order valence-corrected chi connectivity index (χ3v) is 6.17. The molecular formula is C27H34BrN5O7. The third-order valence-electron chi connectivity index (χ3n) is 5.68. The molecule has 40 heavy (non-hydrogen) atoms. The molecule has 1 heterocycles. The second-order valence-electron chi connectivity index (χ2n) is 9.24. The SMILES string of the molecule is COC[C@@H](C)Nc1cc(-c2cc(C)c(=O)n(C)c2)ccc1[N+](=O)[O-].COC[C@@H](C)Nc1cc(Br)ccc1[N+](=O)[O-]. The van der Waals surface area contributed by atoms with Gasteiger partial charge < -0.3 is 24.7 Å². The minimum atomic E-state index is -0.419. The number of aromatic nitrogens is 1. The predicted molar refractivity (Wildman–Crippen MR) is 159 cm³/mol. The van der Waals surface area contributed by atoms with Crippen LogP contribution >= 0.6 is 15.9 Å². The number of nitrogens with zero attached hydrogens (tertiary/aromatic N) is 3. The van der Waals surface area contributed by atoms with Crippen LogP contribution in [-0.2, 0) is 16.5 Å². The van der Waals surface area contributed by atoms with E-state index < -0.39 is 9.85 Å². The highest BCUT2D eigenvalue weighted by Crippen LogP contribution is 2.31. The molecule has 216 valence electrons. The molecule has 2 atom stereocenters. The van der Waals surface area contributed by atoms with Crippen molar-refractivity contribution in [1.82, 2.24) is 4.57 Å². The second-order valence-corrected chi connectivity index (χ2v) is 10.2. The Kier molecular flexibility index (Phi) is 12.2. The van der Waals surface area contributed by atoms with Crippen molar-refractivity contribution in [3.63, 3.8) is 0 Å². The van der Waals surface area contributed by atoms with Gasteiger partial charge in [-0.05, 0) is 62.2 Å². The molecule has 3 aromatic rings. The molecule has 0 spiro atoms. The number of rotatable bonds is 11. The van der Waals surface area contributed by atoms with Crippen LogP contribution < -0.4 is 16.2 Å². The highest BCUT2D eigenvalue weighted by atomic mass is 79.9. The van der Waals surface area contributed by atoms with Crippen LogP contribution in [0.2, 0.25) is 0 Å². The largest absolute Gasteiger partial charge is 0.383 e. The number of methoxy groups -OCH3 is 2. The lowest BCUT2D eigenvalue weighted by atomic mass is 10.0. The summed E-state index contributed by atoms with van der Waals surface area (Å²) < 4.78 is 12.3. The number of halogens is 1. The van der Waals surface area contributed by atoms with Crippen LogP contribution in [0.25, 0.3) is 11.1 Å². The van der Waals surface area contributed by atoms with E-state index in [4.69, 9.17) is 9.47 Å². The van der Waals surface area contributed by atoms with Crippen molar-refractivity contribution in [3.05, 3.63) is 89.3 Å². The molecule has 2 N–H and O–H groups in total. The predicted octanol–water partition coefficient (Wildman–Crippen LogP) is 5.52. The minimum absolute atomic E-state index is 0.00300. The number of hydrogen-bond acceptors (Lipinski definition) is 9. The number of pyridine rings is 1. The molecule has 0 bridgehead atoms. The van der Waals surface area contributed by atoms with Crippen molar-refractivity contribution in [3.8, 4) is 11.1 Å². The number of nitro benzene ring substituents is 2. The fourth-order valence-electron chi connectivity index (χ4n) is 3.92. The molecule has 12 nitrogen and oxygen atoms in total. The number of hydrogen-bond donors (Lipinski definition) is 2. The lowest BCUT2D eigenvalue weighted by Crippen LogP contribution is -2.21. The van der Waals surface area contributed by atoms with E-state index >= 15 is 0 Å². The van der Waals surface area contributed by atoms with E-state index in [9.17, 15) is 25.0 Å². The summed E-state index contributed by atoms with van der Waals surface area (Å²) in [6.07, 6.45) is 1.72. The van der Waals surface area contributed by atoms with Gasteiger partial charge in [-0.2, -0.15) is 0 Å². The minimum Gasteiger partial charge on any atom is -0.383 e. The van der Waals surface area contributed by atoms with E-state index in [1.807, 2.05) is 13.8 Å². The molecule has 0 fully saturated rings. The van der Waals surface area contributed by atoms with Gasteiger partial charge in [-0.3, -0.25) is 25.0 Å². The fourth-order valence-corrected chi connectivity index (χ4v) is 4.28. The first-order valence-electron chi connectivity index (χ1n) is 12.3. The average molecular weight is 621 g/mol. The van der Waals surface area contributed by atoms with Crippen molar-refractivity contribution < 1.29 is 19.3 Å². The van der Waals surface area contributed by atoms with Gasteiger partial charge in [0, 0.05) is 61.7 Å². The second kappa shape index (κ2) is 15.1. The van der Waals surface area contributed by atoms with E-state index in [1.165, 1.54) is 16.7 Å². The maximum Gasteiger partial charge on any atom is 0.292 e. The van der Waals surface area contributed by atoms with Gasteiger partial charge in [0.2, 0.25) is 0 Å². The number of ether oxygens (including phenoxy) is 2. The summed E-state index contributed by atoms with van der Waals surface area (Å²) in [5.41, 5.74) is 3.16. The first-order valence-corrected chi connectivity index (χ1v) is 13.1. The molecule has 0 saturated heterocycles. The molecule has 0 unspecified atom stereocenters. The number of benzene rings is 2. The molecule has 0 saturated carbocycles. The van der Waals surface area contributed by atoms with Gasteiger partial charge in [-0.1, -0.05) is 15.9 Å². The standard InChI is InChI=1S/C17H21N3O4.C10H13BrN2O3/c1-11-7-14(9-19(3)17(11)21)13-5-6-16(20(22)23)15(8-13)18-12(2)10-24-4;1-7(6-16-2)12-9-5-8(11)3-4-10(9)13(14)15/h5-9,12,18H,10H2,1-4H3;3-5,7,12H,6H2,1-2H3/t12-;7-/m11/s1. The van der Waals surface area contributed by atoms with Crippen LogP contribution in [0.5, 0.6) is 0 Å². The van der Waals surface area contributed by atoms with Gasteiger partial charge >= 0.3 is 0 Å². The Balaban J connectivity index is 0.000000305. The molecule has 2 aromatic carbocycles. The summed E-state index contributed by atoms with van der Waals surface area (Å²) in [6.45, 7) is 6.45. The van der Waals surface area contributed by atoms with Crippen LogP contribution in [0.1, 0.15) is 19.4 Å². The Morgan fingerprint density at radius 1 is 0.875 bits per heavy atom. The summed E-state index contributed by atoms with van der Waals surface area (Å²) in [5.74, 6) is 0. The lowest BCUT2D eigenvalue weighted by molar-refractivity contribution is -0.384. The molecule has 0 aliphatic rings. The highest BCUT2D eigenvalue weighted by molar-refractivity contribution is 9.10. The molecule has 13 heteroatoms. The Morgan fingerprint density at radius 3 is 1.85 bits per heavy atom. The zero-order chi connectivity index (χ0) is 30.0. The molecule has 1 aromatic heterocycles. The van der Waals surface area contributed by atoms with Crippen LogP contribution in [0.15, 0.2) is 57.9 Å². The van der Waals surface area contributed by atoms with Crippen molar-refractivity contribution >= 4 is 38.7 Å². The first-order chi connectivity index (χ1) is 18.9. The number of anilines is 2. The molecule has 0 radical (unpaired) electrons. The van der Waals surface area contributed by atoms with Crippen molar-refractivity contribution in [2.75, 3.05) is 38.1 Å². The molecule has 0 aliphatic heterocycles. The van der Waals surface area contributed by atoms with Gasteiger partial charge in [0.05, 0.1) is 23.1 Å². The summed E-state index contributed by atoms with van der Waals surface area (Å²) in [6, 6.07) is 11.4. The van der Waals surface area contributed by atoms with E-state index in [0.29, 0.717) is 30.2 Å². The maximum atomic E-state index is 11.8. The summed E-state index contributed by atoms with van der Waals surface area (Å²) in [5, 5.41) is 28.2. The van der Waals surface area contributed by atoms with E-state index in [-0.39, 0.29) is 29.0 Å². The number of nitrogens with one attached hydrogen (secondary N) is 2. The molecular weight excluding hydrogens is 586 g/mol. The summed E-state index contributed by atoms with van der Waals surface area (Å²) in [4.78, 5) is 33.0. The van der Waals surface area contributed by atoms with Gasteiger partial charge in [0.25, 0.3) is 16.9 Å². The van der Waals surface area contributed by atoms with Crippen LogP contribution in [0.3, 0.4) is 0 Å². The third kappa shape index (κ3) is 9.14. The number of aryl methyl sites for hydroxylation is 2. The van der Waals surface area contributed by atoms with Gasteiger partial charge in [-0.25, -0.2) is 0 Å². The Hall–Kier alpha value is -3.81. The van der Waals surface area contributed by atoms with Gasteiger partial charge in [0.1, 0.15) is 11.4 Å². The van der Waals surface area contributed by atoms with Gasteiger partial charge in [-0.15, -0.1) is 0 Å².